The molecule has 0 fully saturated rings. The van der Waals surface area contributed by atoms with Gasteiger partial charge >= 0.3 is 11.9 Å². The number of imidazole rings is 1. The largest absolute Gasteiger partial charge is 0.481 e. The van der Waals surface area contributed by atoms with Crippen LogP contribution in [0.5, 0.6) is 0 Å². The van der Waals surface area contributed by atoms with Crippen molar-refractivity contribution in [3.8, 4) is 0 Å². The molecule has 0 aliphatic heterocycles. The number of carboxylic acid groups (broad SMARTS) is 2. The van der Waals surface area contributed by atoms with Crippen LogP contribution in [0.3, 0.4) is 0 Å². The molecule has 1 heterocycles. The topological polar surface area (TPSA) is 237 Å². The number of hydrogen-bond acceptors (Lipinski definition) is 8. The summed E-state index contributed by atoms with van der Waals surface area (Å²) < 4.78 is 0. The lowest BCUT2D eigenvalue weighted by Crippen LogP contribution is -2.60. The highest BCUT2D eigenvalue weighted by Gasteiger charge is 2.33. The smallest absolute Gasteiger partial charge is 0.326 e. The average Bonchev–Trinajstić information content (AvgIpc) is 3.20. The number of hydrogen-bond donors (Lipinski definition) is 8. The molecule has 3 amide bonds. The highest BCUT2D eigenvalue weighted by molar-refractivity contribution is 5.95. The Kier molecular flexibility index (Phi) is 10.4. The Labute approximate surface area is 189 Å². The molecule has 0 radical (unpaired) electrons. The number of nitrogens with one attached hydrogen (secondary N) is 4. The van der Waals surface area contributed by atoms with Crippen LogP contribution in [-0.4, -0.2) is 85.2 Å². The number of H-pyrrole nitrogens is 1. The summed E-state index contributed by atoms with van der Waals surface area (Å²) in [5.41, 5.74) is 5.93. The van der Waals surface area contributed by atoms with E-state index in [-0.39, 0.29) is 6.42 Å². The van der Waals surface area contributed by atoms with Gasteiger partial charge in [0, 0.05) is 18.3 Å². The Bertz CT molecular complexity index is 841. The number of carboxylic acids is 2. The number of aliphatic carboxylic acids is 2. The Morgan fingerprint density at radius 3 is 2.06 bits per heavy atom. The van der Waals surface area contributed by atoms with Crippen LogP contribution in [0.15, 0.2) is 12.5 Å². The molecule has 1 aromatic heterocycles. The van der Waals surface area contributed by atoms with Crippen LogP contribution in [-0.2, 0) is 30.4 Å². The zero-order valence-corrected chi connectivity index (χ0v) is 18.4. The minimum Gasteiger partial charge on any atom is -0.481 e. The fraction of sp³-hybridized carbons (Fsp3) is 0.579. The highest BCUT2D eigenvalue weighted by atomic mass is 16.4. The molecule has 0 aliphatic carbocycles. The molecule has 33 heavy (non-hydrogen) atoms. The van der Waals surface area contributed by atoms with E-state index in [0.717, 1.165) is 0 Å². The molecule has 5 atom stereocenters. The summed E-state index contributed by atoms with van der Waals surface area (Å²) in [6.07, 6.45) is 0.535. The van der Waals surface area contributed by atoms with Gasteiger partial charge in [0.1, 0.15) is 18.1 Å². The average molecular weight is 470 g/mol. The summed E-state index contributed by atoms with van der Waals surface area (Å²) in [6.45, 7) is 4.40. The van der Waals surface area contributed by atoms with E-state index in [1.54, 1.807) is 13.8 Å². The third-order valence-electron chi connectivity index (χ3n) is 4.64. The van der Waals surface area contributed by atoms with Crippen LogP contribution in [0, 0.1) is 5.92 Å². The predicted molar refractivity (Wildman–Crippen MR) is 112 cm³/mol. The maximum atomic E-state index is 12.8. The fourth-order valence-electron chi connectivity index (χ4n) is 2.80. The first-order valence-electron chi connectivity index (χ1n) is 10.1. The molecule has 1 aromatic rings. The first-order valence-corrected chi connectivity index (χ1v) is 10.1. The van der Waals surface area contributed by atoms with E-state index in [2.05, 4.69) is 25.9 Å². The van der Waals surface area contributed by atoms with Gasteiger partial charge < -0.3 is 42.0 Å². The Morgan fingerprint density at radius 2 is 1.61 bits per heavy atom. The molecule has 14 nitrogen and oxygen atoms in total. The molecule has 1 rings (SSSR count). The van der Waals surface area contributed by atoms with E-state index in [1.807, 2.05) is 0 Å². The number of nitrogens with two attached hydrogens (primary N) is 1. The van der Waals surface area contributed by atoms with Crippen molar-refractivity contribution < 1.29 is 39.3 Å². The Morgan fingerprint density at radius 1 is 1.00 bits per heavy atom. The number of carbonyl (C=O) groups excluding carboxylic acids is 3. The van der Waals surface area contributed by atoms with E-state index in [4.69, 9.17) is 10.8 Å². The Hall–Kier alpha value is -3.52. The molecular weight excluding hydrogens is 440 g/mol. The number of aromatic nitrogens is 2. The summed E-state index contributed by atoms with van der Waals surface area (Å²) in [5, 5.41) is 35.0. The maximum Gasteiger partial charge on any atom is 0.326 e. The van der Waals surface area contributed by atoms with E-state index < -0.39 is 72.3 Å². The first-order chi connectivity index (χ1) is 15.3. The molecule has 14 heteroatoms. The number of aliphatic hydroxyl groups excluding tert-OH is 1. The van der Waals surface area contributed by atoms with Crippen molar-refractivity contribution in [2.45, 2.75) is 63.9 Å². The van der Waals surface area contributed by atoms with Gasteiger partial charge in [0.25, 0.3) is 0 Å². The molecule has 0 saturated carbocycles. The lowest BCUT2D eigenvalue weighted by atomic mass is 10.0. The zero-order chi connectivity index (χ0) is 25.3. The lowest BCUT2D eigenvalue weighted by Gasteiger charge is -2.26. The van der Waals surface area contributed by atoms with Crippen LogP contribution >= 0.6 is 0 Å². The molecular formula is C19H30N6O8. The minimum absolute atomic E-state index is 0.0962. The summed E-state index contributed by atoms with van der Waals surface area (Å²) >= 11 is 0. The van der Waals surface area contributed by atoms with Gasteiger partial charge in [0.15, 0.2) is 0 Å². The SMILES string of the molecule is CC(C)C(NC(=O)C(Cc1cnc[nH]1)NC(=O)C(NC(=O)C(N)CC(=O)O)C(C)O)C(=O)O. The summed E-state index contributed by atoms with van der Waals surface area (Å²) in [7, 11) is 0. The quantitative estimate of drug-likeness (QED) is 0.149. The number of carbonyl (C=O) groups is 5. The van der Waals surface area contributed by atoms with Crippen molar-refractivity contribution in [2.24, 2.45) is 11.7 Å². The normalized spacial score (nSPS) is 15.6. The van der Waals surface area contributed by atoms with Crippen molar-refractivity contribution in [3.63, 3.8) is 0 Å². The molecule has 0 saturated heterocycles. The molecule has 0 aromatic carbocycles. The summed E-state index contributed by atoms with van der Waals surface area (Å²) in [6, 6.07) is -5.54. The second kappa shape index (κ2) is 12.5. The number of aliphatic hydroxyl groups is 1. The lowest BCUT2D eigenvalue weighted by molar-refractivity contribution is -0.143. The maximum absolute atomic E-state index is 12.8. The van der Waals surface area contributed by atoms with E-state index in [9.17, 15) is 34.2 Å². The molecule has 184 valence electrons. The Balaban J connectivity index is 3.03. The van der Waals surface area contributed by atoms with Crippen LogP contribution in [0.1, 0.15) is 32.9 Å². The van der Waals surface area contributed by atoms with Crippen molar-refractivity contribution in [3.05, 3.63) is 18.2 Å². The molecule has 0 aliphatic rings. The van der Waals surface area contributed by atoms with E-state index >= 15 is 0 Å². The van der Waals surface area contributed by atoms with Gasteiger partial charge in [0.2, 0.25) is 17.7 Å². The van der Waals surface area contributed by atoms with E-state index in [1.165, 1.54) is 19.4 Å². The van der Waals surface area contributed by atoms with Gasteiger partial charge in [0.05, 0.1) is 24.9 Å². The van der Waals surface area contributed by atoms with Gasteiger partial charge in [-0.15, -0.1) is 0 Å². The van der Waals surface area contributed by atoms with Crippen LogP contribution < -0.4 is 21.7 Å². The highest BCUT2D eigenvalue weighted by Crippen LogP contribution is 2.06. The molecule has 0 spiro atoms. The minimum atomic E-state index is -1.56. The second-order valence-corrected chi connectivity index (χ2v) is 7.84. The van der Waals surface area contributed by atoms with Gasteiger partial charge in [-0.1, -0.05) is 13.8 Å². The summed E-state index contributed by atoms with van der Waals surface area (Å²) in [4.78, 5) is 66.5. The number of aromatic amines is 1. The molecule has 5 unspecified atom stereocenters. The monoisotopic (exact) mass is 470 g/mol. The van der Waals surface area contributed by atoms with Crippen molar-refractivity contribution in [1.82, 2.24) is 25.9 Å². The third kappa shape index (κ3) is 8.86. The summed E-state index contributed by atoms with van der Waals surface area (Å²) in [5.74, 6) is -5.79. The molecule has 0 bridgehead atoms. The predicted octanol–water partition coefficient (Wildman–Crippen LogP) is -2.67. The van der Waals surface area contributed by atoms with Crippen LogP contribution in [0.2, 0.25) is 0 Å². The third-order valence-corrected chi connectivity index (χ3v) is 4.64. The van der Waals surface area contributed by atoms with Gasteiger partial charge in [-0.05, 0) is 12.8 Å². The standard InChI is InChI=1S/C19H30N6O8/c1-8(2)14(19(32)33)24-17(30)12(4-10-6-21-7-22-10)23-18(31)15(9(3)26)25-16(29)11(20)5-13(27)28/h6-9,11-12,14-15,26H,4-5,20H2,1-3H3,(H,21,22)(H,23,31)(H,24,30)(H,25,29)(H,27,28)(H,32,33). The van der Waals surface area contributed by atoms with Crippen molar-refractivity contribution in [1.29, 1.82) is 0 Å². The van der Waals surface area contributed by atoms with Crippen LogP contribution in [0.25, 0.3) is 0 Å². The van der Waals surface area contributed by atoms with Gasteiger partial charge in [-0.3, -0.25) is 19.2 Å². The number of rotatable bonds is 13. The molecule has 9 N–H and O–H groups in total. The first kappa shape index (κ1) is 27.5. The van der Waals surface area contributed by atoms with Crippen molar-refractivity contribution in [2.75, 3.05) is 0 Å². The van der Waals surface area contributed by atoms with Crippen molar-refractivity contribution >= 4 is 29.7 Å². The number of nitrogens with zero attached hydrogens (tertiary/aromatic N) is 1. The van der Waals surface area contributed by atoms with Gasteiger partial charge in [-0.25, -0.2) is 9.78 Å². The fourth-order valence-corrected chi connectivity index (χ4v) is 2.80. The zero-order valence-electron chi connectivity index (χ0n) is 18.4. The second-order valence-electron chi connectivity index (χ2n) is 7.84. The number of amides is 3. The van der Waals surface area contributed by atoms with Gasteiger partial charge in [-0.2, -0.15) is 0 Å². The van der Waals surface area contributed by atoms with E-state index in [0.29, 0.717) is 5.69 Å². The van der Waals surface area contributed by atoms with Crippen LogP contribution in [0.4, 0.5) is 0 Å².